The number of hydrogen-bond acceptors (Lipinski definition) is 1. The van der Waals surface area contributed by atoms with E-state index in [1.807, 2.05) is 0 Å². The third kappa shape index (κ3) is 2.13. The molecule has 0 aliphatic carbocycles. The molecule has 0 aliphatic heterocycles. The van der Waals surface area contributed by atoms with Gasteiger partial charge in [0.15, 0.2) is 23.2 Å². The molecule has 0 amide bonds. The monoisotopic (exact) mass is 202 g/mol. The highest BCUT2D eigenvalue weighted by atomic mass is 19.2. The minimum Gasteiger partial charge on any atom is -0.294 e. The van der Waals surface area contributed by atoms with Gasteiger partial charge in [-0.15, -0.1) is 0 Å². The van der Waals surface area contributed by atoms with Crippen LogP contribution < -0.4 is 0 Å². The summed E-state index contributed by atoms with van der Waals surface area (Å²) in [6.07, 6.45) is 0.782. The third-order valence-corrected chi connectivity index (χ3v) is 1.78. The van der Waals surface area contributed by atoms with E-state index in [0.717, 1.165) is 12.1 Å². The van der Waals surface area contributed by atoms with Crippen LogP contribution in [0.3, 0.4) is 0 Å². The van der Waals surface area contributed by atoms with Crippen LogP contribution >= 0.6 is 0 Å². The maximum absolute atomic E-state index is 12.7. The Morgan fingerprint density at radius 1 is 1.21 bits per heavy atom. The van der Waals surface area contributed by atoms with Crippen LogP contribution in [0, 0.1) is 17.5 Å². The van der Waals surface area contributed by atoms with Crippen LogP contribution in [0.4, 0.5) is 13.2 Å². The summed E-state index contributed by atoms with van der Waals surface area (Å²) in [5.41, 5.74) is -0.122. The molecular weight excluding hydrogens is 193 g/mol. The van der Waals surface area contributed by atoms with E-state index >= 15 is 0 Å². The molecule has 0 N–H and O–H groups in total. The number of halogens is 3. The fraction of sp³-hybridized carbons (Fsp3) is 0.300. The summed E-state index contributed by atoms with van der Waals surface area (Å²) >= 11 is 0. The molecular formula is C10H9F3O. The topological polar surface area (TPSA) is 17.1 Å². The lowest BCUT2D eigenvalue weighted by molar-refractivity contribution is 0.0980. The van der Waals surface area contributed by atoms with E-state index in [1.54, 1.807) is 6.92 Å². The van der Waals surface area contributed by atoms with Gasteiger partial charge in [0.25, 0.3) is 0 Å². The molecule has 0 fully saturated rings. The summed E-state index contributed by atoms with van der Waals surface area (Å²) in [5.74, 6) is -4.59. The quantitative estimate of drug-likeness (QED) is 0.543. The van der Waals surface area contributed by atoms with Crippen molar-refractivity contribution in [2.24, 2.45) is 0 Å². The van der Waals surface area contributed by atoms with E-state index in [1.165, 1.54) is 0 Å². The first-order valence-electron chi connectivity index (χ1n) is 4.24. The first-order valence-corrected chi connectivity index (χ1v) is 4.24. The average molecular weight is 202 g/mol. The predicted molar refractivity (Wildman–Crippen MR) is 45.6 cm³/mol. The van der Waals surface area contributed by atoms with Crippen molar-refractivity contribution in [3.63, 3.8) is 0 Å². The van der Waals surface area contributed by atoms with Crippen LogP contribution in [0.5, 0.6) is 0 Å². The van der Waals surface area contributed by atoms with E-state index in [4.69, 9.17) is 0 Å². The van der Waals surface area contributed by atoms with Crippen LogP contribution in [-0.4, -0.2) is 5.78 Å². The Labute approximate surface area is 79.5 Å². The maximum atomic E-state index is 12.7. The summed E-state index contributed by atoms with van der Waals surface area (Å²) in [6, 6.07) is 1.44. The van der Waals surface area contributed by atoms with Gasteiger partial charge in [-0.25, -0.2) is 13.2 Å². The average Bonchev–Trinajstić information content (AvgIpc) is 2.13. The Morgan fingerprint density at radius 2 is 1.71 bits per heavy atom. The molecule has 0 unspecified atom stereocenters. The van der Waals surface area contributed by atoms with Gasteiger partial charge in [-0.05, 0) is 18.6 Å². The number of benzene rings is 1. The zero-order chi connectivity index (χ0) is 10.7. The third-order valence-electron chi connectivity index (χ3n) is 1.78. The molecule has 0 heterocycles. The molecule has 1 rings (SSSR count). The summed E-state index contributed by atoms with van der Waals surface area (Å²) < 4.78 is 37.8. The smallest absolute Gasteiger partial charge is 0.194 e. The molecule has 14 heavy (non-hydrogen) atoms. The summed E-state index contributed by atoms with van der Waals surface area (Å²) in [5, 5.41) is 0. The van der Waals surface area contributed by atoms with Crippen molar-refractivity contribution in [1.82, 2.24) is 0 Å². The normalized spacial score (nSPS) is 10.3. The zero-order valence-corrected chi connectivity index (χ0v) is 7.61. The molecule has 4 heteroatoms. The van der Waals surface area contributed by atoms with Crippen molar-refractivity contribution in [3.05, 3.63) is 35.1 Å². The molecule has 1 aromatic carbocycles. The predicted octanol–water partition coefficient (Wildman–Crippen LogP) is 3.09. The Hall–Kier alpha value is -1.32. The van der Waals surface area contributed by atoms with Gasteiger partial charge in [0, 0.05) is 12.0 Å². The van der Waals surface area contributed by atoms with Gasteiger partial charge in [-0.1, -0.05) is 6.92 Å². The van der Waals surface area contributed by atoms with Gasteiger partial charge in [0.05, 0.1) is 0 Å². The van der Waals surface area contributed by atoms with Crippen LogP contribution in [-0.2, 0) is 0 Å². The Bertz CT molecular complexity index is 337. The lowest BCUT2D eigenvalue weighted by Crippen LogP contribution is -2.02. The molecule has 1 aromatic rings. The first-order chi connectivity index (χ1) is 6.56. The Morgan fingerprint density at radius 3 is 2.14 bits per heavy atom. The summed E-state index contributed by atoms with van der Waals surface area (Å²) in [6.45, 7) is 1.77. The highest BCUT2D eigenvalue weighted by Crippen LogP contribution is 2.15. The van der Waals surface area contributed by atoms with E-state index < -0.39 is 17.5 Å². The molecule has 0 saturated carbocycles. The zero-order valence-electron chi connectivity index (χ0n) is 7.61. The molecule has 0 atom stereocenters. The van der Waals surface area contributed by atoms with E-state index in [-0.39, 0.29) is 17.8 Å². The molecule has 76 valence electrons. The standard InChI is InChI=1S/C10H9F3O/c1-2-3-9(14)6-4-7(11)10(13)8(12)5-6/h4-5H,2-3H2,1H3. The van der Waals surface area contributed by atoms with Crippen molar-refractivity contribution >= 4 is 5.78 Å². The number of carbonyl (C=O) groups excluding carboxylic acids is 1. The van der Waals surface area contributed by atoms with Gasteiger partial charge in [-0.2, -0.15) is 0 Å². The van der Waals surface area contributed by atoms with Gasteiger partial charge in [-0.3, -0.25) is 4.79 Å². The van der Waals surface area contributed by atoms with Crippen molar-refractivity contribution in [1.29, 1.82) is 0 Å². The van der Waals surface area contributed by atoms with Crippen LogP contribution in [0.15, 0.2) is 12.1 Å². The molecule has 0 saturated heterocycles. The number of rotatable bonds is 3. The number of ketones is 1. The first kappa shape index (κ1) is 10.8. The fourth-order valence-electron chi connectivity index (χ4n) is 1.09. The van der Waals surface area contributed by atoms with Crippen LogP contribution in [0.1, 0.15) is 30.1 Å². The Balaban J connectivity index is 3.06. The highest BCUT2D eigenvalue weighted by molar-refractivity contribution is 5.96. The summed E-state index contributed by atoms with van der Waals surface area (Å²) in [7, 11) is 0. The Kier molecular flexibility index (Phi) is 3.28. The minimum absolute atomic E-state index is 0.122. The lowest BCUT2D eigenvalue weighted by Gasteiger charge is -2.01. The molecule has 0 bridgehead atoms. The maximum Gasteiger partial charge on any atom is 0.194 e. The number of Topliss-reactive ketones (excluding diaryl/α,β-unsaturated/α-hetero) is 1. The highest BCUT2D eigenvalue weighted by Gasteiger charge is 2.14. The second kappa shape index (κ2) is 4.26. The molecule has 0 radical (unpaired) electrons. The SMILES string of the molecule is CCCC(=O)c1cc(F)c(F)c(F)c1. The molecule has 1 nitrogen and oxygen atoms in total. The second-order valence-electron chi connectivity index (χ2n) is 2.93. The minimum atomic E-state index is -1.54. The van der Waals surface area contributed by atoms with Gasteiger partial charge < -0.3 is 0 Å². The van der Waals surface area contributed by atoms with E-state index in [9.17, 15) is 18.0 Å². The summed E-state index contributed by atoms with van der Waals surface area (Å²) in [4.78, 5) is 11.2. The van der Waals surface area contributed by atoms with E-state index in [2.05, 4.69) is 0 Å². The largest absolute Gasteiger partial charge is 0.294 e. The molecule has 0 aromatic heterocycles. The van der Waals surface area contributed by atoms with Crippen molar-refractivity contribution < 1.29 is 18.0 Å². The van der Waals surface area contributed by atoms with Crippen molar-refractivity contribution in [2.75, 3.05) is 0 Å². The van der Waals surface area contributed by atoms with Gasteiger partial charge in [0.1, 0.15) is 0 Å². The van der Waals surface area contributed by atoms with Crippen molar-refractivity contribution in [2.45, 2.75) is 19.8 Å². The number of hydrogen-bond donors (Lipinski definition) is 0. The molecule has 0 spiro atoms. The van der Waals surface area contributed by atoms with Crippen LogP contribution in [0.25, 0.3) is 0 Å². The van der Waals surface area contributed by atoms with Crippen LogP contribution in [0.2, 0.25) is 0 Å². The van der Waals surface area contributed by atoms with E-state index in [0.29, 0.717) is 6.42 Å². The number of carbonyl (C=O) groups is 1. The molecule has 0 aliphatic rings. The van der Waals surface area contributed by atoms with Gasteiger partial charge in [0.2, 0.25) is 0 Å². The lowest BCUT2D eigenvalue weighted by atomic mass is 10.1. The van der Waals surface area contributed by atoms with Crippen molar-refractivity contribution in [3.8, 4) is 0 Å². The van der Waals surface area contributed by atoms with Gasteiger partial charge >= 0.3 is 0 Å². The fourth-order valence-corrected chi connectivity index (χ4v) is 1.09. The second-order valence-corrected chi connectivity index (χ2v) is 2.93.